The lowest BCUT2D eigenvalue weighted by atomic mass is 10.1. The van der Waals surface area contributed by atoms with Crippen LogP contribution in [0, 0.1) is 0 Å². The van der Waals surface area contributed by atoms with Gasteiger partial charge in [0, 0.05) is 11.4 Å². The van der Waals surface area contributed by atoms with E-state index in [4.69, 9.17) is 10.5 Å². The quantitative estimate of drug-likeness (QED) is 0.665. The summed E-state index contributed by atoms with van der Waals surface area (Å²) in [5.74, 6) is 0.0199. The maximum atomic E-state index is 12.3. The molecule has 1 heterocycles. The highest BCUT2D eigenvalue weighted by Gasteiger charge is 2.36. The highest BCUT2D eigenvalue weighted by molar-refractivity contribution is 6.23. The Balaban J connectivity index is 1.75. The van der Waals surface area contributed by atoms with Gasteiger partial charge in [-0.3, -0.25) is 14.5 Å². The second kappa shape index (κ2) is 5.40. The molecule has 3 rings (SSSR count). The van der Waals surface area contributed by atoms with E-state index in [9.17, 15) is 9.59 Å². The highest BCUT2D eigenvalue weighted by Crippen LogP contribution is 2.27. The van der Waals surface area contributed by atoms with E-state index in [-0.39, 0.29) is 24.0 Å². The molecule has 3 N–H and O–H groups in total. The number of nitrogens with one attached hydrogen (secondary N) is 1. The van der Waals surface area contributed by atoms with Gasteiger partial charge in [0.15, 0.2) is 0 Å². The molecule has 0 spiro atoms. The van der Waals surface area contributed by atoms with Gasteiger partial charge < -0.3 is 15.8 Å². The molecule has 0 aliphatic carbocycles. The zero-order valence-corrected chi connectivity index (χ0v) is 12.0. The molecule has 22 heavy (non-hydrogen) atoms. The molecule has 6 nitrogen and oxygen atoms in total. The summed E-state index contributed by atoms with van der Waals surface area (Å²) < 4.78 is 5.08. The lowest BCUT2D eigenvalue weighted by molar-refractivity contribution is 0.0666. The number of ether oxygens (including phenoxy) is 1. The van der Waals surface area contributed by atoms with E-state index < -0.39 is 0 Å². The second-order valence-corrected chi connectivity index (χ2v) is 4.87. The molecular weight excluding hydrogens is 282 g/mol. The number of hydrogen-bond acceptors (Lipinski definition) is 5. The van der Waals surface area contributed by atoms with Crippen LogP contribution in [-0.4, -0.2) is 30.5 Å². The van der Waals surface area contributed by atoms with Crippen LogP contribution in [0.2, 0.25) is 0 Å². The first-order chi connectivity index (χ1) is 10.6. The van der Waals surface area contributed by atoms with Gasteiger partial charge >= 0.3 is 0 Å². The van der Waals surface area contributed by atoms with Crippen molar-refractivity contribution < 1.29 is 14.3 Å². The van der Waals surface area contributed by atoms with E-state index in [0.29, 0.717) is 11.3 Å². The monoisotopic (exact) mass is 297 g/mol. The van der Waals surface area contributed by atoms with E-state index in [1.807, 2.05) is 12.1 Å². The van der Waals surface area contributed by atoms with Crippen LogP contribution in [0.25, 0.3) is 0 Å². The molecule has 2 amide bonds. The molecule has 0 saturated heterocycles. The summed E-state index contributed by atoms with van der Waals surface area (Å²) in [5.41, 5.74) is 7.53. The van der Waals surface area contributed by atoms with Crippen LogP contribution >= 0.6 is 0 Å². The smallest absolute Gasteiger partial charge is 0.265 e. The van der Waals surface area contributed by atoms with Crippen molar-refractivity contribution in [2.24, 2.45) is 0 Å². The third kappa shape index (κ3) is 2.24. The number of nitrogens with zero attached hydrogens (tertiary/aromatic N) is 1. The fourth-order valence-electron chi connectivity index (χ4n) is 2.38. The van der Waals surface area contributed by atoms with Gasteiger partial charge in [-0.05, 0) is 36.4 Å². The number of nitrogens with two attached hydrogens (primary N) is 1. The summed E-state index contributed by atoms with van der Waals surface area (Å²) in [6.07, 6.45) is 0. The summed E-state index contributed by atoms with van der Waals surface area (Å²) in [6.45, 7) is 0.0815. The van der Waals surface area contributed by atoms with Crippen LogP contribution in [0.1, 0.15) is 20.7 Å². The number of methoxy groups -OCH3 is 1. The van der Waals surface area contributed by atoms with Crippen LogP contribution < -0.4 is 15.8 Å². The lowest BCUT2D eigenvalue weighted by Crippen LogP contribution is -2.34. The maximum Gasteiger partial charge on any atom is 0.265 e. The number of nitrogen functional groups attached to an aromatic ring is 1. The summed E-state index contributed by atoms with van der Waals surface area (Å²) in [4.78, 5) is 25.7. The van der Waals surface area contributed by atoms with Crippen molar-refractivity contribution in [2.75, 3.05) is 24.8 Å². The van der Waals surface area contributed by atoms with Crippen molar-refractivity contribution in [3.05, 3.63) is 53.6 Å². The Morgan fingerprint density at radius 3 is 2.45 bits per heavy atom. The molecular formula is C16H15N3O3. The molecule has 0 fully saturated rings. The average molecular weight is 297 g/mol. The Morgan fingerprint density at radius 2 is 1.82 bits per heavy atom. The van der Waals surface area contributed by atoms with Crippen LogP contribution in [0.3, 0.4) is 0 Å². The van der Waals surface area contributed by atoms with Crippen molar-refractivity contribution in [3.8, 4) is 5.75 Å². The van der Waals surface area contributed by atoms with Crippen molar-refractivity contribution in [1.82, 2.24) is 4.90 Å². The molecule has 0 radical (unpaired) electrons. The van der Waals surface area contributed by atoms with Gasteiger partial charge in [0.2, 0.25) is 0 Å². The van der Waals surface area contributed by atoms with Gasteiger partial charge in [0.25, 0.3) is 11.8 Å². The number of benzene rings is 2. The Bertz CT molecular complexity index is 741. The van der Waals surface area contributed by atoms with Crippen molar-refractivity contribution >= 4 is 23.2 Å². The van der Waals surface area contributed by atoms with Crippen LogP contribution in [0.15, 0.2) is 42.5 Å². The van der Waals surface area contributed by atoms with Gasteiger partial charge in [0.05, 0.1) is 24.9 Å². The van der Waals surface area contributed by atoms with E-state index in [2.05, 4.69) is 5.32 Å². The number of imide groups is 1. The fourth-order valence-corrected chi connectivity index (χ4v) is 2.38. The first-order valence-electron chi connectivity index (χ1n) is 6.74. The molecule has 0 atom stereocenters. The summed E-state index contributed by atoms with van der Waals surface area (Å²) >= 11 is 0. The van der Waals surface area contributed by atoms with E-state index in [1.165, 1.54) is 0 Å². The molecule has 1 aliphatic heterocycles. The number of carbonyl (C=O) groups is 2. The molecule has 2 aromatic rings. The molecule has 2 aromatic carbocycles. The number of anilines is 2. The zero-order chi connectivity index (χ0) is 15.7. The van der Waals surface area contributed by atoms with E-state index in [1.54, 1.807) is 37.4 Å². The maximum absolute atomic E-state index is 12.3. The Labute approximate surface area is 127 Å². The van der Waals surface area contributed by atoms with Crippen molar-refractivity contribution in [3.63, 3.8) is 0 Å². The van der Waals surface area contributed by atoms with Gasteiger partial charge in [-0.25, -0.2) is 0 Å². The third-order valence-electron chi connectivity index (χ3n) is 3.56. The van der Waals surface area contributed by atoms with E-state index >= 15 is 0 Å². The highest BCUT2D eigenvalue weighted by atomic mass is 16.5. The second-order valence-electron chi connectivity index (χ2n) is 4.87. The molecule has 0 bridgehead atoms. The lowest BCUT2D eigenvalue weighted by Gasteiger charge is -2.15. The minimum Gasteiger partial charge on any atom is -0.497 e. The Kier molecular flexibility index (Phi) is 3.42. The number of carbonyl (C=O) groups excluding carboxylic acids is 2. The standard InChI is InChI=1S/C16H15N3O3/c1-22-11-7-5-10(6-8-11)18-9-19-15(20)12-3-2-4-13(17)14(12)16(19)21/h2-8,18H,9,17H2,1H3. The number of amides is 2. The first-order valence-corrected chi connectivity index (χ1v) is 6.74. The van der Waals surface area contributed by atoms with Crippen molar-refractivity contribution in [1.29, 1.82) is 0 Å². The predicted octanol–water partition coefficient (Wildman–Crippen LogP) is 1.94. The molecule has 0 unspecified atom stereocenters. The molecule has 112 valence electrons. The minimum atomic E-state index is -0.376. The number of fused-ring (bicyclic) bond motifs is 1. The molecule has 0 aromatic heterocycles. The first kappa shape index (κ1) is 13.9. The Hall–Kier alpha value is -3.02. The van der Waals surface area contributed by atoms with Crippen LogP contribution in [0.4, 0.5) is 11.4 Å². The van der Waals surface area contributed by atoms with Gasteiger partial charge in [0.1, 0.15) is 5.75 Å². The van der Waals surface area contributed by atoms with Gasteiger partial charge in [-0.15, -0.1) is 0 Å². The van der Waals surface area contributed by atoms with Crippen molar-refractivity contribution in [2.45, 2.75) is 0 Å². The third-order valence-corrected chi connectivity index (χ3v) is 3.56. The summed E-state index contributed by atoms with van der Waals surface area (Å²) in [7, 11) is 1.59. The largest absolute Gasteiger partial charge is 0.497 e. The summed E-state index contributed by atoms with van der Waals surface area (Å²) in [6, 6.07) is 12.1. The number of hydrogen-bond donors (Lipinski definition) is 2. The SMILES string of the molecule is COc1ccc(NCN2C(=O)c3cccc(N)c3C2=O)cc1. The van der Waals surface area contributed by atoms with E-state index in [0.717, 1.165) is 16.3 Å². The van der Waals surface area contributed by atoms with Gasteiger partial charge in [-0.2, -0.15) is 0 Å². The minimum absolute atomic E-state index is 0.0815. The van der Waals surface area contributed by atoms with Crippen LogP contribution in [-0.2, 0) is 0 Å². The summed E-state index contributed by atoms with van der Waals surface area (Å²) in [5, 5.41) is 3.04. The normalized spacial score (nSPS) is 13.2. The molecule has 1 aliphatic rings. The number of rotatable bonds is 4. The van der Waals surface area contributed by atoms with Crippen LogP contribution in [0.5, 0.6) is 5.75 Å². The zero-order valence-electron chi connectivity index (χ0n) is 12.0. The molecule has 0 saturated carbocycles. The van der Waals surface area contributed by atoms with Gasteiger partial charge in [-0.1, -0.05) is 6.07 Å². The average Bonchev–Trinajstić information content (AvgIpc) is 2.78. The fraction of sp³-hybridized carbons (Fsp3) is 0.125. The Morgan fingerprint density at radius 1 is 1.09 bits per heavy atom. The molecule has 6 heteroatoms. The topological polar surface area (TPSA) is 84.7 Å². The predicted molar refractivity (Wildman–Crippen MR) is 82.8 cm³/mol.